The quantitative estimate of drug-likeness (QED) is 0.701. The van der Waals surface area contributed by atoms with Gasteiger partial charge in [0, 0.05) is 25.0 Å². The summed E-state index contributed by atoms with van der Waals surface area (Å²) in [4.78, 5) is 23.8. The average molecular weight is 307 g/mol. The Balaban J connectivity index is 1.76. The molecule has 2 amide bonds. The van der Waals surface area contributed by atoms with E-state index in [1.165, 1.54) is 0 Å². The summed E-state index contributed by atoms with van der Waals surface area (Å²) >= 11 is 0. The number of aromatic nitrogens is 2. The minimum atomic E-state index is -0.407. The second-order valence-electron chi connectivity index (χ2n) is 5.80. The first-order valence-electron chi connectivity index (χ1n) is 7.87. The Labute approximate surface area is 130 Å². The van der Waals surface area contributed by atoms with Gasteiger partial charge in [-0.1, -0.05) is 0 Å². The van der Waals surface area contributed by atoms with Crippen LogP contribution in [0.2, 0.25) is 0 Å². The van der Waals surface area contributed by atoms with Crippen LogP contribution in [0.4, 0.5) is 0 Å². The van der Waals surface area contributed by atoms with Crippen molar-refractivity contribution < 1.29 is 9.59 Å². The second-order valence-corrected chi connectivity index (χ2v) is 5.80. The summed E-state index contributed by atoms with van der Waals surface area (Å²) < 4.78 is 1.86. The average Bonchev–Trinajstić information content (AvgIpc) is 2.97. The van der Waals surface area contributed by atoms with Crippen LogP contribution < -0.4 is 16.0 Å². The van der Waals surface area contributed by atoms with Crippen molar-refractivity contribution in [1.82, 2.24) is 25.7 Å². The standard InChI is InChI=1S/C15H25N5O2/c1-11(12(2)20-9-5-8-18-20)17-10-14(21)19-13-6-3-4-7-16-15(13)22/h5,8-9,11-13,17H,3-4,6-7,10H2,1-2H3,(H,16,22)(H,19,21)/t11-,12+,13-/m0/s1. The summed E-state index contributed by atoms with van der Waals surface area (Å²) in [6.45, 7) is 4.94. The lowest BCUT2D eigenvalue weighted by Gasteiger charge is -2.22. The molecule has 0 radical (unpaired) electrons. The fourth-order valence-corrected chi connectivity index (χ4v) is 2.50. The smallest absolute Gasteiger partial charge is 0.242 e. The summed E-state index contributed by atoms with van der Waals surface area (Å²) in [6.07, 6.45) is 6.26. The fraction of sp³-hybridized carbons (Fsp3) is 0.667. The van der Waals surface area contributed by atoms with E-state index in [1.54, 1.807) is 6.20 Å². The van der Waals surface area contributed by atoms with Crippen molar-refractivity contribution in [2.24, 2.45) is 0 Å². The van der Waals surface area contributed by atoms with Crippen LogP contribution in [-0.2, 0) is 9.59 Å². The van der Waals surface area contributed by atoms with Gasteiger partial charge in [0.2, 0.25) is 11.8 Å². The molecule has 3 atom stereocenters. The maximum Gasteiger partial charge on any atom is 0.242 e. The van der Waals surface area contributed by atoms with E-state index in [9.17, 15) is 9.59 Å². The molecular formula is C15H25N5O2. The maximum atomic E-state index is 12.0. The van der Waals surface area contributed by atoms with Crippen molar-refractivity contribution in [3.63, 3.8) is 0 Å². The zero-order chi connectivity index (χ0) is 15.9. The zero-order valence-corrected chi connectivity index (χ0v) is 13.2. The number of hydrogen-bond donors (Lipinski definition) is 3. The van der Waals surface area contributed by atoms with E-state index < -0.39 is 6.04 Å². The van der Waals surface area contributed by atoms with Crippen LogP contribution in [0, 0.1) is 0 Å². The Bertz CT molecular complexity index is 488. The maximum absolute atomic E-state index is 12.0. The van der Waals surface area contributed by atoms with Crippen LogP contribution in [0.3, 0.4) is 0 Å². The summed E-state index contributed by atoms with van der Waals surface area (Å²) in [5, 5.41) is 13.0. The van der Waals surface area contributed by atoms with Gasteiger partial charge in [-0.2, -0.15) is 5.10 Å². The Morgan fingerprint density at radius 3 is 3.05 bits per heavy atom. The molecule has 1 saturated heterocycles. The van der Waals surface area contributed by atoms with Crippen LogP contribution in [-0.4, -0.2) is 46.8 Å². The molecule has 22 heavy (non-hydrogen) atoms. The summed E-state index contributed by atoms with van der Waals surface area (Å²) in [7, 11) is 0. The van der Waals surface area contributed by atoms with Gasteiger partial charge < -0.3 is 16.0 Å². The third-order valence-corrected chi connectivity index (χ3v) is 4.12. The zero-order valence-electron chi connectivity index (χ0n) is 13.2. The van der Waals surface area contributed by atoms with Gasteiger partial charge in [-0.3, -0.25) is 14.3 Å². The van der Waals surface area contributed by atoms with E-state index in [1.807, 2.05) is 30.8 Å². The summed E-state index contributed by atoms with van der Waals surface area (Å²) in [5.41, 5.74) is 0. The van der Waals surface area contributed by atoms with Gasteiger partial charge in [-0.25, -0.2) is 0 Å². The molecule has 1 aliphatic rings. The van der Waals surface area contributed by atoms with Crippen LogP contribution in [0.25, 0.3) is 0 Å². The molecule has 1 fully saturated rings. The van der Waals surface area contributed by atoms with Crippen molar-refractivity contribution in [2.45, 2.75) is 51.2 Å². The number of amides is 2. The molecule has 2 rings (SSSR count). The highest BCUT2D eigenvalue weighted by Crippen LogP contribution is 2.08. The van der Waals surface area contributed by atoms with Crippen LogP contribution >= 0.6 is 0 Å². The van der Waals surface area contributed by atoms with E-state index in [-0.39, 0.29) is 30.4 Å². The van der Waals surface area contributed by atoms with Gasteiger partial charge >= 0.3 is 0 Å². The Kier molecular flexibility index (Phi) is 5.94. The molecule has 1 aromatic rings. The number of carbonyl (C=O) groups is 2. The predicted molar refractivity (Wildman–Crippen MR) is 83.2 cm³/mol. The van der Waals surface area contributed by atoms with Crippen molar-refractivity contribution in [1.29, 1.82) is 0 Å². The van der Waals surface area contributed by atoms with Crippen molar-refractivity contribution in [2.75, 3.05) is 13.1 Å². The number of hydrogen-bond acceptors (Lipinski definition) is 4. The molecule has 0 aromatic carbocycles. The monoisotopic (exact) mass is 307 g/mol. The molecule has 0 bridgehead atoms. The minimum absolute atomic E-state index is 0.0798. The topological polar surface area (TPSA) is 88.0 Å². The molecule has 0 saturated carbocycles. The third kappa shape index (κ3) is 4.56. The van der Waals surface area contributed by atoms with Crippen LogP contribution in [0.5, 0.6) is 0 Å². The Hall–Kier alpha value is -1.89. The van der Waals surface area contributed by atoms with E-state index in [0.717, 1.165) is 12.8 Å². The molecule has 0 aliphatic carbocycles. The molecule has 1 aromatic heterocycles. The van der Waals surface area contributed by atoms with Gasteiger partial charge in [0.1, 0.15) is 6.04 Å². The van der Waals surface area contributed by atoms with E-state index in [4.69, 9.17) is 0 Å². The molecule has 0 unspecified atom stereocenters. The first kappa shape index (κ1) is 16.5. The first-order chi connectivity index (χ1) is 10.6. The normalized spacial score (nSPS) is 21.5. The van der Waals surface area contributed by atoms with Gasteiger partial charge in [-0.15, -0.1) is 0 Å². The molecule has 2 heterocycles. The fourth-order valence-electron chi connectivity index (χ4n) is 2.50. The molecular weight excluding hydrogens is 282 g/mol. The SMILES string of the molecule is C[C@H](NCC(=O)N[C@H]1CCCCNC1=O)[C@@H](C)n1cccn1. The van der Waals surface area contributed by atoms with Gasteiger partial charge in [-0.05, 0) is 39.2 Å². The van der Waals surface area contributed by atoms with Crippen molar-refractivity contribution in [3.8, 4) is 0 Å². The Morgan fingerprint density at radius 1 is 1.50 bits per heavy atom. The molecule has 3 N–H and O–H groups in total. The molecule has 7 nitrogen and oxygen atoms in total. The first-order valence-corrected chi connectivity index (χ1v) is 7.87. The molecule has 0 spiro atoms. The number of nitrogens with zero attached hydrogens (tertiary/aromatic N) is 2. The van der Waals surface area contributed by atoms with E-state index >= 15 is 0 Å². The highest BCUT2D eigenvalue weighted by atomic mass is 16.2. The lowest BCUT2D eigenvalue weighted by Crippen LogP contribution is -2.49. The lowest BCUT2D eigenvalue weighted by atomic mass is 10.1. The summed E-state index contributed by atoms with van der Waals surface area (Å²) in [5.74, 6) is -0.231. The van der Waals surface area contributed by atoms with Crippen molar-refractivity contribution >= 4 is 11.8 Å². The van der Waals surface area contributed by atoms with Gasteiger partial charge in [0.25, 0.3) is 0 Å². The number of carbonyl (C=O) groups excluding carboxylic acids is 2. The molecule has 122 valence electrons. The van der Waals surface area contributed by atoms with E-state index in [0.29, 0.717) is 13.0 Å². The van der Waals surface area contributed by atoms with Crippen molar-refractivity contribution in [3.05, 3.63) is 18.5 Å². The number of rotatable bonds is 6. The second kappa shape index (κ2) is 7.93. The molecule has 1 aliphatic heterocycles. The summed E-state index contributed by atoms with van der Waals surface area (Å²) in [6, 6.07) is 1.70. The van der Waals surface area contributed by atoms with E-state index in [2.05, 4.69) is 21.0 Å². The third-order valence-electron chi connectivity index (χ3n) is 4.12. The minimum Gasteiger partial charge on any atom is -0.354 e. The van der Waals surface area contributed by atoms with Crippen LogP contribution in [0.15, 0.2) is 18.5 Å². The Morgan fingerprint density at radius 2 is 2.32 bits per heavy atom. The lowest BCUT2D eigenvalue weighted by molar-refractivity contribution is -0.128. The van der Waals surface area contributed by atoms with Crippen LogP contribution in [0.1, 0.15) is 39.2 Å². The van der Waals surface area contributed by atoms with Gasteiger partial charge in [0.15, 0.2) is 0 Å². The highest BCUT2D eigenvalue weighted by molar-refractivity contribution is 5.88. The largest absolute Gasteiger partial charge is 0.354 e. The number of nitrogens with one attached hydrogen (secondary N) is 3. The molecule has 7 heteroatoms. The highest BCUT2D eigenvalue weighted by Gasteiger charge is 2.22. The van der Waals surface area contributed by atoms with Gasteiger partial charge in [0.05, 0.1) is 12.6 Å². The predicted octanol–water partition coefficient (Wildman–Crippen LogP) is 0.207.